The quantitative estimate of drug-likeness (QED) is 0.103. The van der Waals surface area contributed by atoms with Crippen molar-refractivity contribution < 1.29 is 29.2 Å². The molecule has 0 saturated carbocycles. The Kier molecular flexibility index (Phi) is 10.8. The third-order valence-corrected chi connectivity index (χ3v) is 8.81. The van der Waals surface area contributed by atoms with Crippen molar-refractivity contribution in [2.24, 2.45) is 0 Å². The molecule has 48 heavy (non-hydrogen) atoms. The number of tetrazole rings is 1. The molecule has 0 spiro atoms. The van der Waals surface area contributed by atoms with Crippen molar-refractivity contribution in [1.29, 1.82) is 0 Å². The number of aliphatic hydroxyl groups is 1. The van der Waals surface area contributed by atoms with Crippen LogP contribution in [0.25, 0.3) is 16.8 Å². The van der Waals surface area contributed by atoms with Gasteiger partial charge in [0.15, 0.2) is 6.29 Å². The number of aromatic hydroxyl groups is 1. The molecule has 1 saturated heterocycles. The second-order valence-electron chi connectivity index (χ2n) is 11.1. The number of ether oxygens (including phenoxy) is 3. The van der Waals surface area contributed by atoms with Crippen molar-refractivity contribution in [2.75, 3.05) is 12.4 Å². The van der Waals surface area contributed by atoms with Crippen LogP contribution >= 0.6 is 11.8 Å². The number of phenols is 1. The van der Waals surface area contributed by atoms with E-state index in [4.69, 9.17) is 14.2 Å². The summed E-state index contributed by atoms with van der Waals surface area (Å²) in [5.74, 6) is 0.738. The Morgan fingerprint density at radius 3 is 2.50 bits per heavy atom. The first-order valence-electron chi connectivity index (χ1n) is 15.4. The second-order valence-corrected chi connectivity index (χ2v) is 12.1. The molecule has 1 fully saturated rings. The summed E-state index contributed by atoms with van der Waals surface area (Å²) in [5, 5.41) is 34.8. The summed E-state index contributed by atoms with van der Waals surface area (Å²) in [6, 6.07) is 30.5. The fraction of sp³-hybridized carbons (Fsp3) is 0.222. The number of aliphatic hydroxyl groups excluding tert-OH is 1. The van der Waals surface area contributed by atoms with Gasteiger partial charge in [-0.15, -0.1) is 5.10 Å². The van der Waals surface area contributed by atoms with Gasteiger partial charge in [0.1, 0.15) is 12.4 Å². The van der Waals surface area contributed by atoms with Crippen LogP contribution in [-0.2, 0) is 27.4 Å². The fourth-order valence-electron chi connectivity index (χ4n) is 5.27. The van der Waals surface area contributed by atoms with Gasteiger partial charge in [-0.3, -0.25) is 0 Å². The predicted molar refractivity (Wildman–Crippen MR) is 180 cm³/mol. The predicted octanol–water partition coefficient (Wildman–Crippen LogP) is 6.28. The molecule has 5 aromatic rings. The number of carbonyl (C=O) groups excluding carboxylic acids is 1. The Hall–Kier alpha value is -5.01. The normalized spacial score (nSPS) is 17.5. The number of aromatic nitrogens is 4. The Labute approximate surface area is 282 Å². The number of benzene rings is 4. The van der Waals surface area contributed by atoms with E-state index in [9.17, 15) is 15.0 Å². The molecule has 246 valence electrons. The molecule has 0 bridgehead atoms. The summed E-state index contributed by atoms with van der Waals surface area (Å²) >= 11 is 1.48. The first kappa shape index (κ1) is 32.9. The van der Waals surface area contributed by atoms with Crippen LogP contribution in [0.5, 0.6) is 5.75 Å². The average molecular weight is 666 g/mol. The third kappa shape index (κ3) is 8.28. The van der Waals surface area contributed by atoms with Gasteiger partial charge in [-0.05, 0) is 68.6 Å². The van der Waals surface area contributed by atoms with E-state index in [2.05, 4.69) is 27.4 Å². The maximum Gasteiger partial charge on any atom is 0.407 e. The molecule has 1 aliphatic rings. The van der Waals surface area contributed by atoms with E-state index >= 15 is 0 Å². The number of amides is 1. The molecule has 3 atom stereocenters. The molecule has 6 rings (SSSR count). The largest absolute Gasteiger partial charge is 0.508 e. The van der Waals surface area contributed by atoms with E-state index in [1.807, 2.05) is 72.8 Å². The van der Waals surface area contributed by atoms with Gasteiger partial charge >= 0.3 is 6.09 Å². The van der Waals surface area contributed by atoms with Crippen LogP contribution in [0.15, 0.2) is 115 Å². The van der Waals surface area contributed by atoms with E-state index in [-0.39, 0.29) is 31.2 Å². The summed E-state index contributed by atoms with van der Waals surface area (Å²) < 4.78 is 19.7. The number of nitrogens with one attached hydrogen (secondary N) is 1. The maximum absolute atomic E-state index is 11.8. The number of phenolic OH excluding ortho intramolecular Hbond substituents is 1. The van der Waals surface area contributed by atoms with Crippen LogP contribution in [0.4, 0.5) is 4.79 Å². The van der Waals surface area contributed by atoms with Crippen molar-refractivity contribution in [1.82, 2.24) is 25.5 Å². The van der Waals surface area contributed by atoms with Gasteiger partial charge in [0.05, 0.1) is 24.5 Å². The number of alkyl carbamates (subject to hydrolysis) is 1. The summed E-state index contributed by atoms with van der Waals surface area (Å²) in [4.78, 5) is 11.8. The van der Waals surface area contributed by atoms with E-state index in [0.717, 1.165) is 39.1 Å². The smallest absolute Gasteiger partial charge is 0.407 e. The molecule has 1 amide bonds. The topological polar surface area (TPSA) is 141 Å². The van der Waals surface area contributed by atoms with Crippen molar-refractivity contribution in [3.8, 4) is 22.6 Å². The Morgan fingerprint density at radius 1 is 0.979 bits per heavy atom. The molecule has 1 aromatic heterocycles. The number of hydrogen-bond donors (Lipinski definition) is 3. The van der Waals surface area contributed by atoms with Crippen LogP contribution < -0.4 is 5.32 Å². The minimum Gasteiger partial charge on any atom is -0.508 e. The van der Waals surface area contributed by atoms with Crippen molar-refractivity contribution in [3.63, 3.8) is 0 Å². The average Bonchev–Trinajstić information content (AvgIpc) is 3.61. The zero-order valence-electron chi connectivity index (χ0n) is 26.0. The van der Waals surface area contributed by atoms with E-state index in [0.29, 0.717) is 23.9 Å². The zero-order valence-corrected chi connectivity index (χ0v) is 26.8. The fourth-order valence-corrected chi connectivity index (χ4v) is 6.18. The van der Waals surface area contributed by atoms with E-state index in [1.54, 1.807) is 28.9 Å². The van der Waals surface area contributed by atoms with Gasteiger partial charge in [-0.2, -0.15) is 4.68 Å². The Balaban J connectivity index is 1.17. The molecule has 0 radical (unpaired) electrons. The molecule has 3 N–H and O–H groups in total. The monoisotopic (exact) mass is 665 g/mol. The number of rotatable bonds is 12. The van der Waals surface area contributed by atoms with Gasteiger partial charge in [-0.25, -0.2) is 4.79 Å². The molecule has 0 unspecified atom stereocenters. The van der Waals surface area contributed by atoms with Crippen molar-refractivity contribution >= 4 is 17.9 Å². The minimum atomic E-state index is -0.619. The summed E-state index contributed by atoms with van der Waals surface area (Å²) in [5.41, 5.74) is 6.41. The third-order valence-electron chi connectivity index (χ3n) is 7.76. The summed E-state index contributed by atoms with van der Waals surface area (Å²) in [6.07, 6.45) is 0.593. The molecule has 12 heteroatoms. The molecule has 11 nitrogen and oxygen atoms in total. The number of nitrogens with zero attached hydrogens (tertiary/aromatic N) is 4. The molecule has 0 aliphatic carbocycles. The van der Waals surface area contributed by atoms with Crippen LogP contribution in [-0.4, -0.2) is 55.0 Å². The summed E-state index contributed by atoms with van der Waals surface area (Å²) in [7, 11) is 0. The molecular formula is C36H35N5O6S. The van der Waals surface area contributed by atoms with Crippen molar-refractivity contribution in [3.05, 3.63) is 132 Å². The highest BCUT2D eigenvalue weighted by atomic mass is 32.2. The van der Waals surface area contributed by atoms with E-state index < -0.39 is 12.4 Å². The highest BCUT2D eigenvalue weighted by Crippen LogP contribution is 2.40. The molecule has 4 aromatic carbocycles. The van der Waals surface area contributed by atoms with Gasteiger partial charge in [0.25, 0.3) is 0 Å². The van der Waals surface area contributed by atoms with Gasteiger partial charge in [0, 0.05) is 24.3 Å². The lowest BCUT2D eigenvalue weighted by molar-refractivity contribution is -0.245. The lowest BCUT2D eigenvalue weighted by atomic mass is 9.99. The number of hydrogen-bond acceptors (Lipinski definition) is 10. The molecule has 2 heterocycles. The number of thioether (sulfide) groups is 1. The highest BCUT2D eigenvalue weighted by molar-refractivity contribution is 7.99. The van der Waals surface area contributed by atoms with Crippen LogP contribution in [0, 0.1) is 0 Å². The first-order chi connectivity index (χ1) is 23.5. The lowest BCUT2D eigenvalue weighted by Crippen LogP contribution is -2.31. The van der Waals surface area contributed by atoms with Crippen LogP contribution in [0.2, 0.25) is 0 Å². The molecule has 1 aliphatic heterocycles. The zero-order chi connectivity index (χ0) is 33.3. The SMILES string of the molecule is C=CCOC(=O)NCc1cccc(-c2ccc([C@@H]3O[C@H](CSc4nnnn4-c4ccc(O)cc4)C[C@H](c4ccc(CO)cc4)O3)cc2)c1. The molecular weight excluding hydrogens is 630 g/mol. The Bertz CT molecular complexity index is 1810. The highest BCUT2D eigenvalue weighted by Gasteiger charge is 2.32. The van der Waals surface area contributed by atoms with Crippen LogP contribution in [0.1, 0.15) is 41.1 Å². The van der Waals surface area contributed by atoms with Gasteiger partial charge in [0.2, 0.25) is 5.16 Å². The second kappa shape index (κ2) is 15.7. The Morgan fingerprint density at radius 2 is 1.75 bits per heavy atom. The lowest BCUT2D eigenvalue weighted by Gasteiger charge is -2.36. The minimum absolute atomic E-state index is 0.0272. The maximum atomic E-state index is 11.8. The summed E-state index contributed by atoms with van der Waals surface area (Å²) in [6.45, 7) is 4.02. The van der Waals surface area contributed by atoms with Gasteiger partial charge in [-0.1, -0.05) is 91.1 Å². The first-order valence-corrected chi connectivity index (χ1v) is 16.4. The standard InChI is InChI=1S/C36H35N5O6S/c1-2-18-45-36(44)37-21-25-4-3-5-29(19-25)26-10-12-28(13-11-26)34-46-32(20-33(47-34)27-8-6-24(22-42)7-9-27)23-48-35-38-39-40-41(35)30-14-16-31(43)17-15-30/h2-17,19,32-34,42-43H,1,18,20-23H2,(H,37,44)/t32-,33+,34+/m0/s1. The van der Waals surface area contributed by atoms with E-state index in [1.165, 1.54) is 17.8 Å². The van der Waals surface area contributed by atoms with Crippen LogP contribution in [0.3, 0.4) is 0 Å². The van der Waals surface area contributed by atoms with Gasteiger partial charge < -0.3 is 29.7 Å². The number of carbonyl (C=O) groups is 1. The van der Waals surface area contributed by atoms with Crippen molar-refractivity contribution in [2.45, 2.75) is 43.2 Å².